The summed E-state index contributed by atoms with van der Waals surface area (Å²) in [5, 5.41) is 9.29. The summed E-state index contributed by atoms with van der Waals surface area (Å²) in [6.45, 7) is 5.89. The van der Waals surface area contributed by atoms with Crippen LogP contribution >= 0.6 is 0 Å². The van der Waals surface area contributed by atoms with Crippen molar-refractivity contribution in [1.82, 2.24) is 4.72 Å². The minimum atomic E-state index is -3.53. The molecule has 118 valence electrons. The molecule has 1 aromatic carbocycles. The number of nitrogens with one attached hydrogen (secondary N) is 1. The summed E-state index contributed by atoms with van der Waals surface area (Å²) < 4.78 is 28.1. The molecular formula is C16H25NO3S. The average Bonchev–Trinajstić information content (AvgIpc) is 2.79. The molecule has 0 amide bonds. The van der Waals surface area contributed by atoms with Gasteiger partial charge >= 0.3 is 0 Å². The number of hydrogen-bond acceptors (Lipinski definition) is 3. The Morgan fingerprint density at radius 3 is 2.62 bits per heavy atom. The minimum absolute atomic E-state index is 0.0112. The molecule has 3 atom stereocenters. The van der Waals surface area contributed by atoms with Crippen LogP contribution in [0.3, 0.4) is 0 Å². The Bertz CT molecular complexity index is 598. The second-order valence-corrected chi connectivity index (χ2v) is 7.71. The zero-order valence-corrected chi connectivity index (χ0v) is 13.8. The molecule has 1 aliphatic carbocycles. The molecule has 0 spiro atoms. The Balaban J connectivity index is 2.24. The highest BCUT2D eigenvalue weighted by Gasteiger charge is 2.34. The van der Waals surface area contributed by atoms with Gasteiger partial charge in [-0.3, -0.25) is 0 Å². The summed E-state index contributed by atoms with van der Waals surface area (Å²) in [5.41, 5.74) is 1.29. The number of aliphatic hydroxyl groups excluding tert-OH is 1. The van der Waals surface area contributed by atoms with E-state index in [0.29, 0.717) is 23.0 Å². The van der Waals surface area contributed by atoms with E-state index in [-0.39, 0.29) is 17.5 Å². The highest BCUT2D eigenvalue weighted by atomic mass is 32.2. The standard InChI is InChI=1S/C16H25NO3S/c1-4-13-8-9-15(11(13)2)17-21(19,20)16-7-5-6-14(10-18)12(16)3/h5-7,11,13,15,17-18H,4,8-10H2,1-3H3. The zero-order valence-electron chi connectivity index (χ0n) is 13.0. The number of aliphatic hydroxyl groups is 1. The van der Waals surface area contributed by atoms with E-state index >= 15 is 0 Å². The largest absolute Gasteiger partial charge is 0.392 e. The lowest BCUT2D eigenvalue weighted by molar-refractivity contribution is 0.280. The lowest BCUT2D eigenvalue weighted by atomic mass is 9.94. The molecule has 2 N–H and O–H groups in total. The molecule has 2 rings (SSSR count). The van der Waals surface area contributed by atoms with Crippen molar-refractivity contribution in [2.75, 3.05) is 0 Å². The van der Waals surface area contributed by atoms with Gasteiger partial charge in [-0.1, -0.05) is 32.4 Å². The molecule has 4 nitrogen and oxygen atoms in total. The topological polar surface area (TPSA) is 66.4 Å². The van der Waals surface area contributed by atoms with E-state index in [0.717, 1.165) is 19.3 Å². The normalized spacial score (nSPS) is 26.2. The van der Waals surface area contributed by atoms with Crippen LogP contribution in [0.1, 0.15) is 44.2 Å². The van der Waals surface area contributed by atoms with Crippen LogP contribution < -0.4 is 4.72 Å². The van der Waals surface area contributed by atoms with E-state index in [1.54, 1.807) is 25.1 Å². The predicted octanol–water partition coefficient (Wildman–Crippen LogP) is 2.59. The van der Waals surface area contributed by atoms with E-state index in [2.05, 4.69) is 18.6 Å². The number of hydrogen-bond donors (Lipinski definition) is 2. The molecule has 0 aliphatic heterocycles. The van der Waals surface area contributed by atoms with Crippen molar-refractivity contribution < 1.29 is 13.5 Å². The van der Waals surface area contributed by atoms with Gasteiger partial charge in [-0.25, -0.2) is 13.1 Å². The van der Waals surface area contributed by atoms with Gasteiger partial charge in [-0.05, 0) is 48.8 Å². The van der Waals surface area contributed by atoms with Crippen LogP contribution in [-0.2, 0) is 16.6 Å². The van der Waals surface area contributed by atoms with Crippen LogP contribution in [0.5, 0.6) is 0 Å². The van der Waals surface area contributed by atoms with Crippen molar-refractivity contribution in [3.63, 3.8) is 0 Å². The molecule has 1 fully saturated rings. The summed E-state index contributed by atoms with van der Waals surface area (Å²) in [6.07, 6.45) is 3.08. The first-order chi connectivity index (χ1) is 9.90. The van der Waals surface area contributed by atoms with Crippen LogP contribution in [0.2, 0.25) is 0 Å². The van der Waals surface area contributed by atoms with E-state index in [1.165, 1.54) is 0 Å². The first-order valence-corrected chi connectivity index (χ1v) is 9.10. The molecule has 1 saturated carbocycles. The van der Waals surface area contributed by atoms with E-state index < -0.39 is 10.0 Å². The van der Waals surface area contributed by atoms with Crippen LogP contribution in [0.25, 0.3) is 0 Å². The molecule has 0 saturated heterocycles. The van der Waals surface area contributed by atoms with Crippen LogP contribution in [-0.4, -0.2) is 19.6 Å². The Morgan fingerprint density at radius 2 is 2.05 bits per heavy atom. The van der Waals surface area contributed by atoms with Crippen molar-refractivity contribution in [3.05, 3.63) is 29.3 Å². The predicted molar refractivity (Wildman–Crippen MR) is 83.4 cm³/mol. The molecule has 5 heteroatoms. The third-order valence-electron chi connectivity index (χ3n) is 4.91. The monoisotopic (exact) mass is 311 g/mol. The summed E-state index contributed by atoms with van der Waals surface area (Å²) in [6, 6.07) is 5.05. The molecule has 0 radical (unpaired) electrons. The van der Waals surface area contributed by atoms with Crippen molar-refractivity contribution >= 4 is 10.0 Å². The average molecular weight is 311 g/mol. The van der Waals surface area contributed by atoms with Crippen molar-refractivity contribution in [2.45, 2.75) is 57.6 Å². The lowest BCUT2D eigenvalue weighted by Crippen LogP contribution is -2.37. The number of rotatable bonds is 5. The molecule has 0 aromatic heterocycles. The van der Waals surface area contributed by atoms with Crippen molar-refractivity contribution in [3.8, 4) is 0 Å². The summed E-state index contributed by atoms with van der Waals surface area (Å²) in [5.74, 6) is 0.966. The first-order valence-electron chi connectivity index (χ1n) is 7.62. The van der Waals surface area contributed by atoms with E-state index in [1.807, 2.05) is 0 Å². The summed E-state index contributed by atoms with van der Waals surface area (Å²) in [4.78, 5) is 0.279. The number of benzene rings is 1. The quantitative estimate of drug-likeness (QED) is 0.878. The Kier molecular flexibility index (Phi) is 5.07. The summed E-state index contributed by atoms with van der Waals surface area (Å²) in [7, 11) is -3.53. The van der Waals surface area contributed by atoms with E-state index in [4.69, 9.17) is 0 Å². The molecule has 1 aromatic rings. The molecule has 0 heterocycles. The Hall–Kier alpha value is -0.910. The fourth-order valence-electron chi connectivity index (χ4n) is 3.38. The Labute approximate surface area is 127 Å². The van der Waals surface area contributed by atoms with Crippen LogP contribution in [0, 0.1) is 18.8 Å². The molecule has 0 bridgehead atoms. The summed E-state index contributed by atoms with van der Waals surface area (Å²) >= 11 is 0. The maximum Gasteiger partial charge on any atom is 0.241 e. The third-order valence-corrected chi connectivity index (χ3v) is 6.55. The van der Waals surface area contributed by atoms with Crippen LogP contribution in [0.15, 0.2) is 23.1 Å². The lowest BCUT2D eigenvalue weighted by Gasteiger charge is -2.21. The van der Waals surface area contributed by atoms with Crippen LogP contribution in [0.4, 0.5) is 0 Å². The maximum absolute atomic E-state index is 12.6. The fourth-order valence-corrected chi connectivity index (χ4v) is 5.03. The van der Waals surface area contributed by atoms with Gasteiger partial charge in [0.1, 0.15) is 0 Å². The van der Waals surface area contributed by atoms with Gasteiger partial charge in [0.15, 0.2) is 0 Å². The van der Waals surface area contributed by atoms with E-state index in [9.17, 15) is 13.5 Å². The van der Waals surface area contributed by atoms with Gasteiger partial charge in [0.2, 0.25) is 10.0 Å². The smallest absolute Gasteiger partial charge is 0.241 e. The number of sulfonamides is 1. The zero-order chi connectivity index (χ0) is 15.6. The second-order valence-electron chi connectivity index (χ2n) is 6.03. The minimum Gasteiger partial charge on any atom is -0.392 e. The highest BCUT2D eigenvalue weighted by Crippen LogP contribution is 2.34. The SMILES string of the molecule is CCC1CCC(NS(=O)(=O)c2cccc(CO)c2C)C1C. The third kappa shape index (κ3) is 3.30. The second kappa shape index (κ2) is 6.46. The van der Waals surface area contributed by atoms with Gasteiger partial charge in [0.25, 0.3) is 0 Å². The maximum atomic E-state index is 12.6. The highest BCUT2D eigenvalue weighted by molar-refractivity contribution is 7.89. The fraction of sp³-hybridized carbons (Fsp3) is 0.625. The molecule has 1 aliphatic rings. The first kappa shape index (κ1) is 16.5. The van der Waals surface area contributed by atoms with Crippen molar-refractivity contribution in [2.24, 2.45) is 11.8 Å². The molecule has 21 heavy (non-hydrogen) atoms. The van der Waals surface area contributed by atoms with Crippen molar-refractivity contribution in [1.29, 1.82) is 0 Å². The Morgan fingerprint density at radius 1 is 1.33 bits per heavy atom. The molecule has 3 unspecified atom stereocenters. The molecular weight excluding hydrogens is 286 g/mol. The van der Waals surface area contributed by atoms with Gasteiger partial charge in [0.05, 0.1) is 11.5 Å². The van der Waals surface area contributed by atoms with Gasteiger partial charge < -0.3 is 5.11 Å². The van der Waals surface area contributed by atoms with Gasteiger partial charge in [-0.15, -0.1) is 0 Å². The van der Waals surface area contributed by atoms with Gasteiger partial charge in [0, 0.05) is 6.04 Å². The van der Waals surface area contributed by atoms with Gasteiger partial charge in [-0.2, -0.15) is 0 Å².